The summed E-state index contributed by atoms with van der Waals surface area (Å²) in [5.74, 6) is -0.106. The van der Waals surface area contributed by atoms with Gasteiger partial charge in [0.05, 0.1) is 12.3 Å². The summed E-state index contributed by atoms with van der Waals surface area (Å²) in [4.78, 5) is 13.6. The number of rotatable bonds is 4. The predicted molar refractivity (Wildman–Crippen MR) is 65.8 cm³/mol. The molecule has 0 aromatic carbocycles. The zero-order valence-corrected chi connectivity index (χ0v) is 11.2. The van der Waals surface area contributed by atoms with E-state index in [1.54, 1.807) is 11.8 Å². The van der Waals surface area contributed by atoms with Crippen LogP contribution >= 0.6 is 0 Å². The van der Waals surface area contributed by atoms with Crippen molar-refractivity contribution in [2.45, 2.75) is 38.3 Å². The highest BCUT2D eigenvalue weighted by Crippen LogP contribution is 2.17. The second kappa shape index (κ2) is 5.79. The SMILES string of the molecule is C[C@@H](N)C(=O)N1CCCCC1CNS(C)(=O)=O. The molecule has 17 heavy (non-hydrogen) atoms. The largest absolute Gasteiger partial charge is 0.337 e. The Hall–Kier alpha value is -0.660. The Bertz CT molecular complexity index is 367. The third-order valence-corrected chi connectivity index (χ3v) is 3.57. The van der Waals surface area contributed by atoms with Crippen LogP contribution in [0.1, 0.15) is 26.2 Å². The van der Waals surface area contributed by atoms with E-state index in [1.165, 1.54) is 0 Å². The lowest BCUT2D eigenvalue weighted by Gasteiger charge is -2.36. The smallest absolute Gasteiger partial charge is 0.239 e. The summed E-state index contributed by atoms with van der Waals surface area (Å²) in [6, 6.07) is -0.606. The van der Waals surface area contributed by atoms with Gasteiger partial charge in [-0.3, -0.25) is 4.79 Å². The first-order valence-electron chi connectivity index (χ1n) is 5.82. The molecule has 1 heterocycles. The molecule has 0 saturated carbocycles. The summed E-state index contributed by atoms with van der Waals surface area (Å²) >= 11 is 0. The minimum Gasteiger partial charge on any atom is -0.337 e. The van der Waals surface area contributed by atoms with Gasteiger partial charge in [0.25, 0.3) is 0 Å². The first-order chi connectivity index (χ1) is 7.81. The maximum Gasteiger partial charge on any atom is 0.239 e. The predicted octanol–water partition coefficient (Wildman–Crippen LogP) is -0.736. The maximum absolute atomic E-state index is 11.9. The molecule has 0 spiro atoms. The van der Waals surface area contributed by atoms with Crippen molar-refractivity contribution in [3.8, 4) is 0 Å². The number of sulfonamides is 1. The summed E-state index contributed by atoms with van der Waals surface area (Å²) in [6.07, 6.45) is 3.90. The van der Waals surface area contributed by atoms with Crippen molar-refractivity contribution in [3.05, 3.63) is 0 Å². The highest BCUT2D eigenvalue weighted by atomic mass is 32.2. The van der Waals surface area contributed by atoms with Gasteiger partial charge in [0.2, 0.25) is 15.9 Å². The molecule has 0 aromatic rings. The van der Waals surface area contributed by atoms with Crippen LogP contribution in [-0.4, -0.2) is 50.7 Å². The molecule has 0 bridgehead atoms. The molecule has 100 valence electrons. The quantitative estimate of drug-likeness (QED) is 0.699. The molecule has 1 aliphatic heterocycles. The monoisotopic (exact) mass is 263 g/mol. The van der Waals surface area contributed by atoms with E-state index >= 15 is 0 Å². The average molecular weight is 263 g/mol. The summed E-state index contributed by atoms with van der Waals surface area (Å²) in [7, 11) is -3.21. The number of carbonyl (C=O) groups excluding carboxylic acids is 1. The lowest BCUT2D eigenvalue weighted by molar-refractivity contribution is -0.135. The number of piperidine rings is 1. The van der Waals surface area contributed by atoms with Crippen LogP contribution in [0.25, 0.3) is 0 Å². The number of nitrogens with zero attached hydrogens (tertiary/aromatic N) is 1. The van der Waals surface area contributed by atoms with E-state index in [4.69, 9.17) is 5.73 Å². The van der Waals surface area contributed by atoms with Gasteiger partial charge in [-0.1, -0.05) is 0 Å². The van der Waals surface area contributed by atoms with Crippen LogP contribution in [0.4, 0.5) is 0 Å². The van der Waals surface area contributed by atoms with Crippen LogP contribution in [0.5, 0.6) is 0 Å². The van der Waals surface area contributed by atoms with E-state index in [9.17, 15) is 13.2 Å². The Balaban J connectivity index is 2.63. The summed E-state index contributed by atoms with van der Waals surface area (Å²) in [5, 5.41) is 0. The van der Waals surface area contributed by atoms with Gasteiger partial charge < -0.3 is 10.6 Å². The van der Waals surface area contributed by atoms with Crippen LogP contribution in [0, 0.1) is 0 Å². The zero-order chi connectivity index (χ0) is 13.1. The minimum atomic E-state index is -3.21. The summed E-state index contributed by atoms with van der Waals surface area (Å²) < 4.78 is 24.5. The van der Waals surface area contributed by atoms with Crippen LogP contribution in [0.3, 0.4) is 0 Å². The van der Waals surface area contributed by atoms with Gasteiger partial charge >= 0.3 is 0 Å². The van der Waals surface area contributed by atoms with Crippen molar-refractivity contribution in [1.29, 1.82) is 0 Å². The second-order valence-electron chi connectivity index (χ2n) is 4.59. The Morgan fingerprint density at radius 2 is 2.18 bits per heavy atom. The van der Waals surface area contributed by atoms with Crippen LogP contribution < -0.4 is 10.5 Å². The van der Waals surface area contributed by atoms with Crippen LogP contribution in [0.2, 0.25) is 0 Å². The lowest BCUT2D eigenvalue weighted by atomic mass is 10.0. The van der Waals surface area contributed by atoms with E-state index < -0.39 is 16.1 Å². The molecule has 1 saturated heterocycles. The molecular formula is C10H21N3O3S. The second-order valence-corrected chi connectivity index (χ2v) is 6.42. The number of nitrogens with two attached hydrogens (primary N) is 1. The average Bonchev–Trinajstić information content (AvgIpc) is 2.24. The van der Waals surface area contributed by atoms with Crippen molar-refractivity contribution >= 4 is 15.9 Å². The first kappa shape index (κ1) is 14.4. The molecule has 1 fully saturated rings. The fourth-order valence-electron chi connectivity index (χ4n) is 2.01. The first-order valence-corrected chi connectivity index (χ1v) is 7.71. The molecular weight excluding hydrogens is 242 g/mol. The molecule has 1 amide bonds. The number of hydrogen-bond donors (Lipinski definition) is 2. The highest BCUT2D eigenvalue weighted by molar-refractivity contribution is 7.88. The third-order valence-electron chi connectivity index (χ3n) is 2.88. The number of likely N-dealkylation sites (tertiary alicyclic amines) is 1. The molecule has 3 N–H and O–H groups in total. The van der Waals surface area contributed by atoms with Gasteiger partial charge in [0.15, 0.2) is 0 Å². The van der Waals surface area contributed by atoms with Gasteiger partial charge in [-0.15, -0.1) is 0 Å². The van der Waals surface area contributed by atoms with Gasteiger partial charge in [-0.25, -0.2) is 13.1 Å². The molecule has 1 unspecified atom stereocenters. The van der Waals surface area contributed by atoms with E-state index in [0.717, 1.165) is 25.5 Å². The molecule has 2 atom stereocenters. The third kappa shape index (κ3) is 4.61. The molecule has 1 aliphatic rings. The number of nitrogens with one attached hydrogen (secondary N) is 1. The standard InChI is InChI=1S/C10H21N3O3S/c1-8(11)10(14)13-6-4-3-5-9(13)7-12-17(2,15)16/h8-9,12H,3-7,11H2,1-2H3/t8-,9?/m1/s1. The fraction of sp³-hybridized carbons (Fsp3) is 0.900. The molecule has 0 radical (unpaired) electrons. The Morgan fingerprint density at radius 1 is 1.53 bits per heavy atom. The maximum atomic E-state index is 11.9. The van der Waals surface area contributed by atoms with Gasteiger partial charge in [-0.05, 0) is 26.2 Å². The van der Waals surface area contributed by atoms with E-state index in [0.29, 0.717) is 6.54 Å². The van der Waals surface area contributed by atoms with E-state index in [-0.39, 0.29) is 18.5 Å². The van der Waals surface area contributed by atoms with Crippen LogP contribution in [0.15, 0.2) is 0 Å². The number of amides is 1. The Labute approximate surface area is 103 Å². The molecule has 1 rings (SSSR count). The summed E-state index contributed by atoms with van der Waals surface area (Å²) in [5.41, 5.74) is 5.58. The van der Waals surface area contributed by atoms with Crippen molar-refractivity contribution in [2.24, 2.45) is 5.73 Å². The molecule has 7 heteroatoms. The summed E-state index contributed by atoms with van der Waals surface area (Å²) in [6.45, 7) is 2.59. The van der Waals surface area contributed by atoms with Crippen molar-refractivity contribution in [1.82, 2.24) is 9.62 Å². The normalized spacial score (nSPS) is 23.5. The van der Waals surface area contributed by atoms with Crippen molar-refractivity contribution in [3.63, 3.8) is 0 Å². The Kier molecular flexibility index (Phi) is 4.91. The molecule has 0 aliphatic carbocycles. The van der Waals surface area contributed by atoms with Crippen LogP contribution in [-0.2, 0) is 14.8 Å². The van der Waals surface area contributed by atoms with Gasteiger partial charge in [0, 0.05) is 19.1 Å². The van der Waals surface area contributed by atoms with Gasteiger partial charge in [0.1, 0.15) is 0 Å². The Morgan fingerprint density at radius 3 is 2.71 bits per heavy atom. The zero-order valence-electron chi connectivity index (χ0n) is 10.3. The molecule has 6 nitrogen and oxygen atoms in total. The number of carbonyl (C=O) groups is 1. The topological polar surface area (TPSA) is 92.5 Å². The van der Waals surface area contributed by atoms with Gasteiger partial charge in [-0.2, -0.15) is 0 Å². The minimum absolute atomic E-state index is 0.0722. The van der Waals surface area contributed by atoms with Crippen molar-refractivity contribution in [2.75, 3.05) is 19.3 Å². The highest BCUT2D eigenvalue weighted by Gasteiger charge is 2.28. The van der Waals surface area contributed by atoms with Crippen molar-refractivity contribution < 1.29 is 13.2 Å². The lowest BCUT2D eigenvalue weighted by Crippen LogP contribution is -2.53. The molecule has 0 aromatic heterocycles. The van der Waals surface area contributed by atoms with E-state index in [2.05, 4.69) is 4.72 Å². The van der Waals surface area contributed by atoms with E-state index in [1.807, 2.05) is 0 Å². The fourth-order valence-corrected chi connectivity index (χ4v) is 2.51. The number of hydrogen-bond acceptors (Lipinski definition) is 4.